The van der Waals surface area contributed by atoms with Crippen molar-refractivity contribution in [2.24, 2.45) is 7.05 Å². The average molecular weight is 386 g/mol. The first-order chi connectivity index (χ1) is 14.1. The molecule has 1 aromatic heterocycles. The lowest BCUT2D eigenvalue weighted by molar-refractivity contribution is 0.0975. The van der Waals surface area contributed by atoms with Crippen LogP contribution in [0.15, 0.2) is 48.5 Å². The lowest BCUT2D eigenvalue weighted by Gasteiger charge is -2.38. The molecule has 1 N–H and O–H groups in total. The second-order valence-corrected chi connectivity index (χ2v) is 7.05. The summed E-state index contributed by atoms with van der Waals surface area (Å²) in [6, 6.07) is 16.9. The van der Waals surface area contributed by atoms with Crippen LogP contribution in [0.1, 0.15) is 33.5 Å². The summed E-state index contributed by atoms with van der Waals surface area (Å²) in [5, 5.41) is 12.9. The van der Waals surface area contributed by atoms with Crippen molar-refractivity contribution in [3.63, 3.8) is 0 Å². The van der Waals surface area contributed by atoms with Crippen LogP contribution in [0, 0.1) is 18.3 Å². The Bertz CT molecular complexity index is 1190. The number of hydrogen-bond acceptors (Lipinski definition) is 5. The molecule has 7 nitrogen and oxygen atoms in total. The van der Waals surface area contributed by atoms with Crippen molar-refractivity contribution in [3.8, 4) is 17.6 Å². The summed E-state index contributed by atoms with van der Waals surface area (Å²) in [6.07, 6.45) is -0.467. The van der Waals surface area contributed by atoms with Gasteiger partial charge in [-0.3, -0.25) is 9.69 Å². The molecule has 0 bridgehead atoms. The molecule has 2 aromatic carbocycles. The molecule has 0 saturated carbocycles. The molecule has 0 radical (unpaired) electrons. The van der Waals surface area contributed by atoms with E-state index < -0.39 is 6.17 Å². The number of hydrogen-bond donors (Lipinski definition) is 1. The SMILES string of the molecule is Cc1c([C@@H]2Nc3ccccc3C(=O)N2c2ccc3c(c2)OCO3)cc(C#N)n1C. The number of carbonyl (C=O) groups is 1. The van der Waals surface area contributed by atoms with E-state index in [0.717, 1.165) is 16.9 Å². The zero-order chi connectivity index (χ0) is 20.1. The summed E-state index contributed by atoms with van der Waals surface area (Å²) in [6.45, 7) is 2.11. The molecule has 29 heavy (non-hydrogen) atoms. The normalized spacial score (nSPS) is 16.9. The number of fused-ring (bicyclic) bond motifs is 2. The molecule has 2 aliphatic heterocycles. The number of nitriles is 1. The summed E-state index contributed by atoms with van der Waals surface area (Å²) in [4.78, 5) is 15.2. The molecule has 3 heterocycles. The van der Waals surface area contributed by atoms with Crippen molar-refractivity contribution in [2.75, 3.05) is 17.0 Å². The van der Waals surface area contributed by atoms with Crippen molar-refractivity contribution in [3.05, 3.63) is 71.0 Å². The number of nitrogens with zero attached hydrogens (tertiary/aromatic N) is 3. The molecule has 0 unspecified atom stereocenters. The van der Waals surface area contributed by atoms with E-state index in [2.05, 4.69) is 11.4 Å². The fourth-order valence-electron chi connectivity index (χ4n) is 3.88. The summed E-state index contributed by atoms with van der Waals surface area (Å²) in [7, 11) is 1.85. The zero-order valence-corrected chi connectivity index (χ0v) is 16.0. The van der Waals surface area contributed by atoms with Crippen LogP contribution in [0.2, 0.25) is 0 Å². The third kappa shape index (κ3) is 2.53. The van der Waals surface area contributed by atoms with E-state index in [-0.39, 0.29) is 12.7 Å². The fourth-order valence-corrected chi connectivity index (χ4v) is 3.88. The summed E-state index contributed by atoms with van der Waals surface area (Å²) in [5.41, 5.74) is 4.36. The van der Waals surface area contributed by atoms with Crippen LogP contribution in [-0.4, -0.2) is 17.3 Å². The van der Waals surface area contributed by atoms with E-state index in [9.17, 15) is 10.1 Å². The lowest BCUT2D eigenvalue weighted by Crippen LogP contribution is -2.43. The number of carbonyl (C=O) groups excluding carboxylic acids is 1. The van der Waals surface area contributed by atoms with Crippen LogP contribution in [0.5, 0.6) is 11.5 Å². The van der Waals surface area contributed by atoms with Crippen molar-refractivity contribution < 1.29 is 14.3 Å². The van der Waals surface area contributed by atoms with Crippen LogP contribution in [0.3, 0.4) is 0 Å². The van der Waals surface area contributed by atoms with E-state index in [1.807, 2.05) is 54.9 Å². The molecule has 2 aliphatic rings. The summed E-state index contributed by atoms with van der Waals surface area (Å²) < 4.78 is 12.8. The smallest absolute Gasteiger partial charge is 0.262 e. The molecule has 7 heteroatoms. The summed E-state index contributed by atoms with van der Waals surface area (Å²) in [5.74, 6) is 1.14. The van der Waals surface area contributed by atoms with Gasteiger partial charge in [-0.15, -0.1) is 0 Å². The monoisotopic (exact) mass is 386 g/mol. The average Bonchev–Trinajstić information content (AvgIpc) is 3.32. The van der Waals surface area contributed by atoms with Gasteiger partial charge in [-0.05, 0) is 37.3 Å². The quantitative estimate of drug-likeness (QED) is 0.726. The topological polar surface area (TPSA) is 79.5 Å². The van der Waals surface area contributed by atoms with Gasteiger partial charge in [0.25, 0.3) is 5.91 Å². The molecule has 1 atom stereocenters. The maximum Gasteiger partial charge on any atom is 0.262 e. The highest BCUT2D eigenvalue weighted by atomic mass is 16.7. The second kappa shape index (κ2) is 6.31. The number of rotatable bonds is 2. The molecule has 0 spiro atoms. The van der Waals surface area contributed by atoms with E-state index in [4.69, 9.17) is 9.47 Å². The van der Waals surface area contributed by atoms with E-state index in [1.165, 1.54) is 0 Å². The predicted octanol–water partition coefficient (Wildman–Crippen LogP) is 3.71. The zero-order valence-electron chi connectivity index (χ0n) is 16.0. The van der Waals surface area contributed by atoms with Gasteiger partial charge in [0, 0.05) is 30.1 Å². The van der Waals surface area contributed by atoms with E-state index in [1.54, 1.807) is 17.0 Å². The molecule has 3 aromatic rings. The fraction of sp³-hybridized carbons (Fsp3) is 0.182. The van der Waals surface area contributed by atoms with Crippen LogP contribution >= 0.6 is 0 Å². The van der Waals surface area contributed by atoms with Gasteiger partial charge in [-0.25, -0.2) is 0 Å². The lowest BCUT2D eigenvalue weighted by atomic mass is 10.0. The molecule has 0 fully saturated rings. The number of anilines is 2. The highest BCUT2D eigenvalue weighted by Crippen LogP contribution is 2.42. The van der Waals surface area contributed by atoms with Crippen LogP contribution < -0.4 is 19.7 Å². The van der Waals surface area contributed by atoms with Gasteiger partial charge in [-0.1, -0.05) is 12.1 Å². The van der Waals surface area contributed by atoms with Gasteiger partial charge in [0.2, 0.25) is 6.79 Å². The third-order valence-corrected chi connectivity index (χ3v) is 5.54. The second-order valence-electron chi connectivity index (χ2n) is 7.05. The minimum absolute atomic E-state index is 0.120. The highest BCUT2D eigenvalue weighted by molar-refractivity contribution is 6.12. The Balaban J connectivity index is 1.69. The van der Waals surface area contributed by atoms with Crippen molar-refractivity contribution in [1.82, 2.24) is 4.57 Å². The minimum Gasteiger partial charge on any atom is -0.454 e. The number of amides is 1. The van der Waals surface area contributed by atoms with Crippen LogP contribution in [0.4, 0.5) is 11.4 Å². The third-order valence-electron chi connectivity index (χ3n) is 5.54. The van der Waals surface area contributed by atoms with Gasteiger partial charge in [0.05, 0.1) is 11.3 Å². The Kier molecular flexibility index (Phi) is 3.74. The minimum atomic E-state index is -0.467. The molecule has 5 rings (SSSR count). The molecule has 0 saturated heterocycles. The van der Waals surface area contributed by atoms with Crippen molar-refractivity contribution >= 4 is 17.3 Å². The highest BCUT2D eigenvalue weighted by Gasteiger charge is 2.36. The Hall–Kier alpha value is -3.92. The molecule has 0 aliphatic carbocycles. The first kappa shape index (κ1) is 17.2. The van der Waals surface area contributed by atoms with Gasteiger partial charge in [0.1, 0.15) is 17.9 Å². The first-order valence-electron chi connectivity index (χ1n) is 9.23. The van der Waals surface area contributed by atoms with Crippen molar-refractivity contribution in [1.29, 1.82) is 5.26 Å². The number of nitrogens with one attached hydrogen (secondary N) is 1. The number of aromatic nitrogens is 1. The maximum absolute atomic E-state index is 13.5. The Morgan fingerprint density at radius 2 is 1.93 bits per heavy atom. The first-order valence-corrected chi connectivity index (χ1v) is 9.23. The van der Waals surface area contributed by atoms with Gasteiger partial charge in [-0.2, -0.15) is 5.26 Å². The van der Waals surface area contributed by atoms with E-state index in [0.29, 0.717) is 28.4 Å². The summed E-state index contributed by atoms with van der Waals surface area (Å²) >= 11 is 0. The standard InChI is InChI=1S/C22H18N4O3/c1-13-17(9-15(11-23)25(13)2)21-24-18-6-4-3-5-16(18)22(27)26(21)14-7-8-19-20(10-14)29-12-28-19/h3-10,21,24H,12H2,1-2H3/t21-/m1/s1. The molecule has 1 amide bonds. The van der Waals surface area contributed by atoms with Crippen LogP contribution in [0.25, 0.3) is 0 Å². The van der Waals surface area contributed by atoms with Gasteiger partial charge < -0.3 is 19.4 Å². The molecular formula is C22H18N4O3. The molecule has 144 valence electrons. The number of benzene rings is 2. The maximum atomic E-state index is 13.5. The number of para-hydroxylation sites is 1. The van der Waals surface area contributed by atoms with Gasteiger partial charge in [0.15, 0.2) is 11.5 Å². The predicted molar refractivity (Wildman–Crippen MR) is 107 cm³/mol. The van der Waals surface area contributed by atoms with Gasteiger partial charge >= 0.3 is 0 Å². The largest absolute Gasteiger partial charge is 0.454 e. The molecular weight excluding hydrogens is 368 g/mol. The Morgan fingerprint density at radius 3 is 2.72 bits per heavy atom. The van der Waals surface area contributed by atoms with Crippen LogP contribution in [-0.2, 0) is 7.05 Å². The number of ether oxygens (including phenoxy) is 2. The Morgan fingerprint density at radius 1 is 1.14 bits per heavy atom. The van der Waals surface area contributed by atoms with Crippen molar-refractivity contribution in [2.45, 2.75) is 13.1 Å². The van der Waals surface area contributed by atoms with E-state index >= 15 is 0 Å². The Labute approximate surface area is 167 Å².